The number of benzene rings is 1. The number of halogens is 7. The fourth-order valence-corrected chi connectivity index (χ4v) is 4.83. The predicted octanol–water partition coefficient (Wildman–Crippen LogP) is 3.89. The SMILES string of the molecule is CS(=O)(=O)NC(=O)C1=C(c2ccn(C3CC3)n2)C[C@](c2ccc(OCCCC(F)(F)F)cc2F)(C(F)(F)F)NC1=O. The van der Waals surface area contributed by atoms with Gasteiger partial charge in [0.2, 0.25) is 10.0 Å². The van der Waals surface area contributed by atoms with Crippen LogP contribution in [0.15, 0.2) is 36.0 Å². The van der Waals surface area contributed by atoms with E-state index in [2.05, 4.69) is 5.10 Å². The Bertz CT molecular complexity index is 1500. The summed E-state index contributed by atoms with van der Waals surface area (Å²) in [5.74, 6) is -4.97. The van der Waals surface area contributed by atoms with Crippen LogP contribution in [0.25, 0.3) is 5.57 Å². The van der Waals surface area contributed by atoms with Crippen molar-refractivity contribution in [3.63, 3.8) is 0 Å². The van der Waals surface area contributed by atoms with E-state index in [1.54, 1.807) is 10.0 Å². The fraction of sp³-hybridized carbons (Fsp3) is 0.458. The molecular formula is C24H23F7N4O5S. The van der Waals surface area contributed by atoms with Gasteiger partial charge in [-0.2, -0.15) is 31.4 Å². The molecule has 2 N–H and O–H groups in total. The van der Waals surface area contributed by atoms with Gasteiger partial charge >= 0.3 is 12.4 Å². The van der Waals surface area contributed by atoms with E-state index in [0.29, 0.717) is 18.4 Å². The number of nitrogens with one attached hydrogen (secondary N) is 2. The molecule has 1 aliphatic heterocycles. The summed E-state index contributed by atoms with van der Waals surface area (Å²) in [6.07, 6.45) is -9.19. The van der Waals surface area contributed by atoms with Gasteiger partial charge in [-0.15, -0.1) is 0 Å². The molecule has 1 aliphatic carbocycles. The molecule has 4 rings (SSSR count). The molecule has 1 saturated carbocycles. The second-order valence-electron chi connectivity index (χ2n) is 9.71. The first-order valence-electron chi connectivity index (χ1n) is 12.1. The van der Waals surface area contributed by atoms with Crippen molar-refractivity contribution in [1.82, 2.24) is 19.8 Å². The van der Waals surface area contributed by atoms with Crippen molar-refractivity contribution >= 4 is 27.4 Å². The van der Waals surface area contributed by atoms with Crippen LogP contribution in [0.1, 0.15) is 49.4 Å². The molecule has 17 heteroatoms. The van der Waals surface area contributed by atoms with Gasteiger partial charge in [-0.3, -0.25) is 14.3 Å². The van der Waals surface area contributed by atoms with Crippen molar-refractivity contribution in [2.45, 2.75) is 56.0 Å². The lowest BCUT2D eigenvalue weighted by Gasteiger charge is -2.41. The Morgan fingerprint density at radius 3 is 2.44 bits per heavy atom. The molecule has 0 radical (unpaired) electrons. The molecule has 1 atom stereocenters. The van der Waals surface area contributed by atoms with Crippen molar-refractivity contribution in [1.29, 1.82) is 0 Å². The molecule has 1 aromatic carbocycles. The number of ether oxygens (including phenoxy) is 1. The largest absolute Gasteiger partial charge is 0.493 e. The lowest BCUT2D eigenvalue weighted by atomic mass is 9.77. The average molecular weight is 613 g/mol. The Kier molecular flexibility index (Phi) is 7.88. The van der Waals surface area contributed by atoms with Crippen molar-refractivity contribution < 1.29 is 53.5 Å². The van der Waals surface area contributed by atoms with E-state index in [0.717, 1.165) is 18.9 Å². The van der Waals surface area contributed by atoms with Gasteiger partial charge in [-0.1, -0.05) is 0 Å². The first kappa shape index (κ1) is 30.3. The maximum absolute atomic E-state index is 15.3. The van der Waals surface area contributed by atoms with Gasteiger partial charge in [0, 0.05) is 36.2 Å². The number of nitrogens with zero attached hydrogens (tertiary/aromatic N) is 2. The van der Waals surface area contributed by atoms with Crippen LogP contribution in [0.5, 0.6) is 5.75 Å². The van der Waals surface area contributed by atoms with Crippen molar-refractivity contribution in [2.24, 2.45) is 0 Å². The third-order valence-corrected chi connectivity index (χ3v) is 6.96. The van der Waals surface area contributed by atoms with Crippen LogP contribution in [0.2, 0.25) is 0 Å². The highest BCUT2D eigenvalue weighted by atomic mass is 32.2. The minimum Gasteiger partial charge on any atom is -0.493 e. The standard InChI is InChI=1S/C24H23F7N4O5S/c1-41(38,39)34-21(37)19-15(18-7-9-35(33-18)13-3-4-13)12-22(24(29,30)31,32-20(19)36)16-6-5-14(11-17(16)25)40-10-2-8-23(26,27)28/h5-7,9,11,13H,2-4,8,10,12H2,1H3,(H,32,36)(H,34,37)/t22-/m0/s1. The van der Waals surface area contributed by atoms with Crippen molar-refractivity contribution in [3.8, 4) is 5.75 Å². The van der Waals surface area contributed by atoms with Gasteiger partial charge in [-0.25, -0.2) is 17.5 Å². The predicted molar refractivity (Wildman–Crippen MR) is 128 cm³/mol. The second kappa shape index (κ2) is 10.6. The number of hydrogen-bond acceptors (Lipinski definition) is 6. The minimum absolute atomic E-state index is 0.0384. The van der Waals surface area contributed by atoms with Crippen LogP contribution < -0.4 is 14.8 Å². The maximum atomic E-state index is 15.3. The Balaban J connectivity index is 1.76. The van der Waals surface area contributed by atoms with Gasteiger partial charge in [0.25, 0.3) is 11.8 Å². The molecule has 0 unspecified atom stereocenters. The van der Waals surface area contributed by atoms with E-state index >= 15 is 4.39 Å². The number of alkyl halides is 6. The van der Waals surface area contributed by atoms with Crippen molar-refractivity contribution in [2.75, 3.05) is 12.9 Å². The quantitative estimate of drug-likeness (QED) is 0.252. The topological polar surface area (TPSA) is 119 Å². The van der Waals surface area contributed by atoms with Crippen LogP contribution in [-0.2, 0) is 25.2 Å². The van der Waals surface area contributed by atoms with Crippen molar-refractivity contribution in [3.05, 3.63) is 53.1 Å². The van der Waals surface area contributed by atoms with E-state index < -0.39 is 88.1 Å². The van der Waals surface area contributed by atoms with Gasteiger partial charge in [0.1, 0.15) is 17.1 Å². The van der Waals surface area contributed by atoms with Crippen LogP contribution >= 0.6 is 0 Å². The van der Waals surface area contributed by atoms with E-state index in [4.69, 9.17) is 4.74 Å². The van der Waals surface area contributed by atoms with Crippen LogP contribution in [0.3, 0.4) is 0 Å². The zero-order chi connectivity index (χ0) is 30.4. The van der Waals surface area contributed by atoms with Crippen LogP contribution in [0, 0.1) is 5.82 Å². The zero-order valence-electron chi connectivity index (χ0n) is 21.2. The molecule has 2 aromatic rings. The second-order valence-corrected chi connectivity index (χ2v) is 11.5. The molecule has 41 heavy (non-hydrogen) atoms. The molecule has 2 heterocycles. The highest BCUT2D eigenvalue weighted by Gasteiger charge is 2.61. The average Bonchev–Trinajstić information content (AvgIpc) is 3.55. The number of aromatic nitrogens is 2. The van der Waals surface area contributed by atoms with Gasteiger partial charge < -0.3 is 10.1 Å². The van der Waals surface area contributed by atoms with Crippen LogP contribution in [-0.4, -0.2) is 55.2 Å². The Hall–Kier alpha value is -3.63. The monoisotopic (exact) mass is 612 g/mol. The number of carbonyl (C=O) groups excluding carboxylic acids is 2. The lowest BCUT2D eigenvalue weighted by Crippen LogP contribution is -2.60. The first-order valence-corrected chi connectivity index (χ1v) is 14.0. The highest BCUT2D eigenvalue weighted by molar-refractivity contribution is 7.89. The summed E-state index contributed by atoms with van der Waals surface area (Å²) < 4.78 is 128. The Morgan fingerprint density at radius 2 is 1.88 bits per heavy atom. The Labute approximate surface area is 228 Å². The summed E-state index contributed by atoms with van der Waals surface area (Å²) in [7, 11) is -4.24. The third kappa shape index (κ3) is 6.82. The van der Waals surface area contributed by atoms with E-state index in [1.807, 2.05) is 0 Å². The number of carbonyl (C=O) groups is 2. The molecule has 0 saturated heterocycles. The lowest BCUT2D eigenvalue weighted by molar-refractivity contribution is -0.202. The summed E-state index contributed by atoms with van der Waals surface area (Å²) in [6.45, 7) is -0.491. The number of hydrogen-bond donors (Lipinski definition) is 2. The molecule has 0 spiro atoms. The first-order chi connectivity index (χ1) is 18.9. The molecule has 2 aliphatic rings. The molecule has 224 valence electrons. The molecule has 9 nitrogen and oxygen atoms in total. The molecule has 2 amide bonds. The third-order valence-electron chi connectivity index (χ3n) is 6.40. The van der Waals surface area contributed by atoms with Gasteiger partial charge in [-0.05, 0) is 37.5 Å². The summed E-state index contributed by atoms with van der Waals surface area (Å²) in [4.78, 5) is 25.9. The summed E-state index contributed by atoms with van der Waals surface area (Å²) >= 11 is 0. The Morgan fingerprint density at radius 1 is 1.20 bits per heavy atom. The summed E-state index contributed by atoms with van der Waals surface area (Å²) in [5, 5.41) is 5.84. The number of rotatable bonds is 9. The van der Waals surface area contributed by atoms with Crippen LogP contribution in [0.4, 0.5) is 30.7 Å². The van der Waals surface area contributed by atoms with Gasteiger partial charge in [0.05, 0.1) is 24.6 Å². The summed E-state index contributed by atoms with van der Waals surface area (Å²) in [6, 6.07) is 3.34. The molecule has 1 aromatic heterocycles. The normalized spacial score (nSPS) is 20.1. The van der Waals surface area contributed by atoms with E-state index in [9.17, 15) is 44.3 Å². The minimum atomic E-state index is -5.36. The molecular weight excluding hydrogens is 589 g/mol. The highest BCUT2D eigenvalue weighted by Crippen LogP contribution is 2.49. The van der Waals surface area contributed by atoms with Gasteiger partial charge in [0.15, 0.2) is 5.54 Å². The molecule has 0 bridgehead atoms. The molecule has 1 fully saturated rings. The van der Waals surface area contributed by atoms with E-state index in [-0.39, 0.29) is 17.5 Å². The number of amides is 2. The number of sulfonamides is 1. The maximum Gasteiger partial charge on any atom is 0.416 e. The zero-order valence-corrected chi connectivity index (χ0v) is 22.0. The smallest absolute Gasteiger partial charge is 0.416 e. The van der Waals surface area contributed by atoms with E-state index in [1.165, 1.54) is 16.9 Å². The summed E-state index contributed by atoms with van der Waals surface area (Å²) in [5.41, 5.74) is -6.23. The fourth-order valence-electron chi connectivity index (χ4n) is 4.39.